The summed E-state index contributed by atoms with van der Waals surface area (Å²) >= 11 is 0. The Labute approximate surface area is 76.2 Å². The lowest BCUT2D eigenvalue weighted by molar-refractivity contribution is 0.472. The van der Waals surface area contributed by atoms with Gasteiger partial charge >= 0.3 is 0 Å². The number of nitrogens with two attached hydrogens (primary N) is 1. The van der Waals surface area contributed by atoms with E-state index in [2.05, 4.69) is 4.98 Å². The summed E-state index contributed by atoms with van der Waals surface area (Å²) in [5.74, 6) is 0.321. The van der Waals surface area contributed by atoms with E-state index in [-0.39, 0.29) is 0 Å². The zero-order chi connectivity index (χ0) is 9.42. The number of phenolic OH excluding ortho intramolecular Hbond substituents is 1. The predicted octanol–water partition coefficient (Wildman–Crippen LogP) is 1.64. The van der Waals surface area contributed by atoms with E-state index in [0.29, 0.717) is 12.3 Å². The van der Waals surface area contributed by atoms with Crippen molar-refractivity contribution in [3.63, 3.8) is 0 Å². The average molecular weight is 176 g/mol. The summed E-state index contributed by atoms with van der Waals surface area (Å²) in [5, 5.41) is 10.5. The van der Waals surface area contributed by atoms with Crippen molar-refractivity contribution >= 4 is 10.9 Å². The number of fused-ring (bicyclic) bond motifs is 1. The van der Waals surface area contributed by atoms with E-state index < -0.39 is 0 Å². The second-order valence-electron chi connectivity index (χ2n) is 3.20. The molecule has 0 bridgehead atoms. The minimum absolute atomic E-state index is 0.321. The maximum Gasteiger partial charge on any atom is 0.119 e. The van der Waals surface area contributed by atoms with Crippen LogP contribution in [0.2, 0.25) is 0 Å². The Kier molecular flexibility index (Phi) is 1.74. The maximum atomic E-state index is 9.50. The fourth-order valence-electron chi connectivity index (χ4n) is 1.49. The largest absolute Gasteiger partial charge is 0.508 e. The number of H-pyrrole nitrogens is 1. The minimum atomic E-state index is 0.321. The molecule has 0 aliphatic carbocycles. The first kappa shape index (κ1) is 8.13. The van der Waals surface area contributed by atoms with Gasteiger partial charge in [-0.25, -0.2) is 0 Å². The fraction of sp³-hybridized carbons (Fsp3) is 0.200. The standard InChI is InChI=1S/C10H12N2O/c1-6-2-9-8(3-10(6)13)7(4-11)5-12-9/h2-3,5,12-13H,4,11H2,1H3. The van der Waals surface area contributed by atoms with Gasteiger partial charge in [-0.1, -0.05) is 0 Å². The SMILES string of the molecule is Cc1cc2[nH]cc(CN)c2cc1O. The molecule has 1 heterocycles. The lowest BCUT2D eigenvalue weighted by atomic mass is 10.1. The number of hydrogen-bond acceptors (Lipinski definition) is 2. The van der Waals surface area contributed by atoms with Gasteiger partial charge in [-0.2, -0.15) is 0 Å². The molecule has 0 aliphatic rings. The summed E-state index contributed by atoms with van der Waals surface area (Å²) in [6.45, 7) is 2.36. The molecular formula is C10H12N2O. The third-order valence-electron chi connectivity index (χ3n) is 2.30. The molecule has 0 aliphatic heterocycles. The van der Waals surface area contributed by atoms with E-state index in [1.54, 1.807) is 6.07 Å². The first-order chi connectivity index (χ1) is 6.22. The zero-order valence-corrected chi connectivity index (χ0v) is 7.46. The van der Waals surface area contributed by atoms with Crippen molar-refractivity contribution in [2.45, 2.75) is 13.5 Å². The van der Waals surface area contributed by atoms with Gasteiger partial charge in [0.2, 0.25) is 0 Å². The number of nitrogens with one attached hydrogen (secondary N) is 1. The molecule has 0 saturated carbocycles. The van der Waals surface area contributed by atoms with Crippen molar-refractivity contribution < 1.29 is 5.11 Å². The van der Waals surface area contributed by atoms with E-state index in [9.17, 15) is 5.11 Å². The molecule has 0 atom stereocenters. The quantitative estimate of drug-likeness (QED) is 0.618. The van der Waals surface area contributed by atoms with Crippen LogP contribution in [0.25, 0.3) is 10.9 Å². The molecule has 4 N–H and O–H groups in total. The molecule has 68 valence electrons. The highest BCUT2D eigenvalue weighted by Gasteiger charge is 2.04. The Hall–Kier alpha value is -1.48. The lowest BCUT2D eigenvalue weighted by Gasteiger charge is -1.99. The second kappa shape index (κ2) is 2.78. The highest BCUT2D eigenvalue weighted by Crippen LogP contribution is 2.25. The predicted molar refractivity (Wildman–Crippen MR) is 52.6 cm³/mol. The topological polar surface area (TPSA) is 62.0 Å². The van der Waals surface area contributed by atoms with Crippen molar-refractivity contribution in [3.05, 3.63) is 29.5 Å². The van der Waals surface area contributed by atoms with Crippen LogP contribution in [0.3, 0.4) is 0 Å². The zero-order valence-electron chi connectivity index (χ0n) is 7.46. The van der Waals surface area contributed by atoms with Crippen LogP contribution in [-0.4, -0.2) is 10.1 Å². The number of phenols is 1. The molecule has 0 spiro atoms. The van der Waals surface area contributed by atoms with Crippen LogP contribution in [0, 0.1) is 6.92 Å². The molecule has 13 heavy (non-hydrogen) atoms. The van der Waals surface area contributed by atoms with Crippen LogP contribution >= 0.6 is 0 Å². The van der Waals surface area contributed by atoms with Crippen LogP contribution in [0.15, 0.2) is 18.3 Å². The minimum Gasteiger partial charge on any atom is -0.508 e. The van der Waals surface area contributed by atoms with Crippen molar-refractivity contribution in [3.8, 4) is 5.75 Å². The Balaban J connectivity index is 2.77. The maximum absolute atomic E-state index is 9.50. The van der Waals surface area contributed by atoms with E-state index in [1.165, 1.54) is 0 Å². The first-order valence-corrected chi connectivity index (χ1v) is 4.22. The van der Waals surface area contributed by atoms with Gasteiger partial charge in [-0.3, -0.25) is 0 Å². The smallest absolute Gasteiger partial charge is 0.119 e. The molecule has 3 nitrogen and oxygen atoms in total. The summed E-state index contributed by atoms with van der Waals surface area (Å²) in [7, 11) is 0. The molecule has 1 aromatic carbocycles. The summed E-state index contributed by atoms with van der Waals surface area (Å²) in [6, 6.07) is 3.67. The summed E-state index contributed by atoms with van der Waals surface area (Å²) in [6.07, 6.45) is 1.88. The van der Waals surface area contributed by atoms with E-state index in [1.807, 2.05) is 19.2 Å². The number of hydrogen-bond donors (Lipinski definition) is 3. The van der Waals surface area contributed by atoms with Crippen molar-refractivity contribution in [2.75, 3.05) is 0 Å². The number of rotatable bonds is 1. The number of aromatic hydroxyl groups is 1. The van der Waals surface area contributed by atoms with Gasteiger partial charge in [0.1, 0.15) is 5.75 Å². The molecule has 0 unspecified atom stereocenters. The lowest BCUT2D eigenvalue weighted by Crippen LogP contribution is -1.93. The third kappa shape index (κ3) is 1.17. The summed E-state index contributed by atoms with van der Waals surface area (Å²) < 4.78 is 0. The van der Waals surface area contributed by atoms with Crippen LogP contribution in [0.4, 0.5) is 0 Å². The van der Waals surface area contributed by atoms with Crippen LogP contribution in [-0.2, 0) is 6.54 Å². The molecule has 3 heteroatoms. The van der Waals surface area contributed by atoms with Crippen molar-refractivity contribution in [1.82, 2.24) is 4.98 Å². The van der Waals surface area contributed by atoms with E-state index >= 15 is 0 Å². The number of aryl methyl sites for hydroxylation is 1. The first-order valence-electron chi connectivity index (χ1n) is 4.22. The fourth-order valence-corrected chi connectivity index (χ4v) is 1.49. The Morgan fingerprint density at radius 1 is 1.46 bits per heavy atom. The monoisotopic (exact) mass is 176 g/mol. The molecule has 0 fully saturated rings. The highest BCUT2D eigenvalue weighted by molar-refractivity contribution is 5.85. The third-order valence-corrected chi connectivity index (χ3v) is 2.30. The van der Waals surface area contributed by atoms with Gasteiger partial charge in [0.15, 0.2) is 0 Å². The highest BCUT2D eigenvalue weighted by atomic mass is 16.3. The van der Waals surface area contributed by atoms with Gasteiger partial charge in [-0.05, 0) is 30.2 Å². The van der Waals surface area contributed by atoms with Gasteiger partial charge < -0.3 is 15.8 Å². The molecule has 2 aromatic rings. The van der Waals surface area contributed by atoms with E-state index in [0.717, 1.165) is 22.0 Å². The molecule has 0 radical (unpaired) electrons. The van der Waals surface area contributed by atoms with Crippen LogP contribution < -0.4 is 5.73 Å². The normalized spacial score (nSPS) is 10.9. The van der Waals surface area contributed by atoms with Crippen LogP contribution in [0.5, 0.6) is 5.75 Å². The molecule has 2 rings (SSSR count). The second-order valence-corrected chi connectivity index (χ2v) is 3.20. The summed E-state index contributed by atoms with van der Waals surface area (Å²) in [4.78, 5) is 3.12. The van der Waals surface area contributed by atoms with Gasteiger partial charge in [0, 0.05) is 23.6 Å². The van der Waals surface area contributed by atoms with Crippen molar-refractivity contribution in [2.24, 2.45) is 5.73 Å². The van der Waals surface area contributed by atoms with Gasteiger partial charge in [-0.15, -0.1) is 0 Å². The number of benzene rings is 1. The summed E-state index contributed by atoms with van der Waals surface area (Å²) in [5.41, 5.74) is 8.48. The van der Waals surface area contributed by atoms with Gasteiger partial charge in [0.25, 0.3) is 0 Å². The number of aromatic nitrogens is 1. The van der Waals surface area contributed by atoms with E-state index in [4.69, 9.17) is 5.73 Å². The number of aromatic amines is 1. The molecule has 0 amide bonds. The molecule has 1 aromatic heterocycles. The van der Waals surface area contributed by atoms with Crippen LogP contribution in [0.1, 0.15) is 11.1 Å². The van der Waals surface area contributed by atoms with Gasteiger partial charge in [0.05, 0.1) is 0 Å². The molecule has 0 saturated heterocycles. The Morgan fingerprint density at radius 3 is 2.92 bits per heavy atom. The Morgan fingerprint density at radius 2 is 2.23 bits per heavy atom. The molecular weight excluding hydrogens is 164 g/mol. The average Bonchev–Trinajstić information content (AvgIpc) is 2.48. The van der Waals surface area contributed by atoms with Crippen molar-refractivity contribution in [1.29, 1.82) is 0 Å². The Bertz CT molecular complexity index is 445.